The lowest BCUT2D eigenvalue weighted by molar-refractivity contribution is -0.140. The second-order valence-electron chi connectivity index (χ2n) is 7.74. The number of aliphatic hydroxyl groups excluding tert-OH is 1. The van der Waals surface area contributed by atoms with Crippen molar-refractivity contribution in [3.63, 3.8) is 0 Å². The first-order valence-corrected chi connectivity index (χ1v) is 9.90. The SMILES string of the molecule is CC(C)Oc1ccc(C(O)=C2C(=O)C(=O)N(CCN(C)C)[C@@H]2c2ccccn2)cc1. The number of carbonyl (C=O) groups is 2. The van der Waals surface area contributed by atoms with Crippen molar-refractivity contribution in [3.8, 4) is 5.75 Å². The third kappa shape index (κ3) is 4.52. The second kappa shape index (κ2) is 9.09. The maximum Gasteiger partial charge on any atom is 0.295 e. The van der Waals surface area contributed by atoms with Crippen LogP contribution in [-0.4, -0.2) is 64.9 Å². The first-order chi connectivity index (χ1) is 14.3. The summed E-state index contributed by atoms with van der Waals surface area (Å²) >= 11 is 0. The van der Waals surface area contributed by atoms with Gasteiger partial charge in [0.2, 0.25) is 0 Å². The Bertz CT molecular complexity index is 937. The molecule has 7 nitrogen and oxygen atoms in total. The Balaban J connectivity index is 2.05. The molecule has 0 bridgehead atoms. The number of likely N-dealkylation sites (N-methyl/N-ethyl adjacent to an activating group) is 1. The fourth-order valence-electron chi connectivity index (χ4n) is 3.38. The first-order valence-electron chi connectivity index (χ1n) is 9.90. The maximum absolute atomic E-state index is 12.9. The third-order valence-corrected chi connectivity index (χ3v) is 4.80. The number of hydrogen-bond donors (Lipinski definition) is 1. The van der Waals surface area contributed by atoms with E-state index in [4.69, 9.17) is 4.74 Å². The van der Waals surface area contributed by atoms with Crippen LogP contribution in [0.5, 0.6) is 5.75 Å². The van der Waals surface area contributed by atoms with E-state index in [1.807, 2.05) is 32.8 Å². The number of amides is 1. The maximum atomic E-state index is 12.9. The second-order valence-corrected chi connectivity index (χ2v) is 7.74. The van der Waals surface area contributed by atoms with Crippen LogP contribution in [0.2, 0.25) is 0 Å². The minimum absolute atomic E-state index is 0.0237. The number of ketones is 1. The lowest BCUT2D eigenvalue weighted by Gasteiger charge is -2.25. The van der Waals surface area contributed by atoms with E-state index in [2.05, 4.69) is 4.98 Å². The molecule has 0 aliphatic carbocycles. The smallest absolute Gasteiger partial charge is 0.295 e. The lowest BCUT2D eigenvalue weighted by atomic mass is 9.98. The van der Waals surface area contributed by atoms with Crippen LogP contribution in [0.25, 0.3) is 5.76 Å². The average molecular weight is 409 g/mol. The summed E-state index contributed by atoms with van der Waals surface area (Å²) in [6.45, 7) is 4.78. The number of likely N-dealkylation sites (tertiary alicyclic amines) is 1. The first kappa shape index (κ1) is 21.5. The normalized spacial score (nSPS) is 18.5. The molecular weight excluding hydrogens is 382 g/mol. The zero-order valence-electron chi connectivity index (χ0n) is 17.7. The molecule has 1 saturated heterocycles. The van der Waals surface area contributed by atoms with Crippen LogP contribution in [0, 0.1) is 0 Å². The number of carbonyl (C=O) groups excluding carboxylic acids is 2. The van der Waals surface area contributed by atoms with E-state index in [-0.39, 0.29) is 17.4 Å². The van der Waals surface area contributed by atoms with Crippen molar-refractivity contribution in [1.82, 2.24) is 14.8 Å². The molecule has 7 heteroatoms. The van der Waals surface area contributed by atoms with Crippen molar-refractivity contribution >= 4 is 17.4 Å². The number of aliphatic hydroxyl groups is 1. The standard InChI is InChI=1S/C23H27N3O4/c1-15(2)30-17-10-8-16(9-11-17)21(27)19-20(18-7-5-6-12-24-18)26(14-13-25(3)4)23(29)22(19)28/h5-12,15,20,27H,13-14H2,1-4H3/t20-/m1/s1. The molecule has 0 spiro atoms. The molecule has 1 aromatic heterocycles. The van der Waals surface area contributed by atoms with E-state index < -0.39 is 17.7 Å². The van der Waals surface area contributed by atoms with E-state index >= 15 is 0 Å². The van der Waals surface area contributed by atoms with Gasteiger partial charge >= 0.3 is 0 Å². The molecule has 0 saturated carbocycles. The summed E-state index contributed by atoms with van der Waals surface area (Å²) in [6, 6.07) is 11.4. The monoisotopic (exact) mass is 409 g/mol. The highest BCUT2D eigenvalue weighted by molar-refractivity contribution is 6.46. The van der Waals surface area contributed by atoms with E-state index in [1.54, 1.807) is 48.7 Å². The molecule has 1 amide bonds. The fraction of sp³-hybridized carbons (Fsp3) is 0.348. The Labute approximate surface area is 176 Å². The summed E-state index contributed by atoms with van der Waals surface area (Å²) < 4.78 is 5.63. The molecule has 1 atom stereocenters. The van der Waals surface area contributed by atoms with Gasteiger partial charge in [-0.15, -0.1) is 0 Å². The molecule has 1 N–H and O–H groups in total. The molecule has 3 rings (SSSR count). The molecule has 158 valence electrons. The van der Waals surface area contributed by atoms with Crippen molar-refractivity contribution in [1.29, 1.82) is 0 Å². The van der Waals surface area contributed by atoms with E-state index in [1.165, 1.54) is 4.90 Å². The minimum atomic E-state index is -0.738. The van der Waals surface area contributed by atoms with Crippen molar-refractivity contribution in [2.24, 2.45) is 0 Å². The van der Waals surface area contributed by atoms with Crippen molar-refractivity contribution in [3.05, 3.63) is 65.5 Å². The molecule has 1 aromatic carbocycles. The highest BCUT2D eigenvalue weighted by Gasteiger charge is 2.46. The summed E-state index contributed by atoms with van der Waals surface area (Å²) in [5.74, 6) is -0.889. The highest BCUT2D eigenvalue weighted by Crippen LogP contribution is 2.38. The number of aromatic nitrogens is 1. The predicted molar refractivity (Wildman–Crippen MR) is 114 cm³/mol. The number of rotatable bonds is 7. The molecule has 1 aliphatic rings. The Kier molecular flexibility index (Phi) is 6.52. The zero-order valence-corrected chi connectivity index (χ0v) is 17.7. The largest absolute Gasteiger partial charge is 0.507 e. The zero-order chi connectivity index (χ0) is 21.8. The van der Waals surface area contributed by atoms with Gasteiger partial charge in [0.15, 0.2) is 0 Å². The quantitative estimate of drug-likeness (QED) is 0.430. The fourth-order valence-corrected chi connectivity index (χ4v) is 3.38. The van der Waals surface area contributed by atoms with E-state index in [0.29, 0.717) is 30.1 Å². The molecule has 2 aromatic rings. The van der Waals surface area contributed by atoms with E-state index in [9.17, 15) is 14.7 Å². The van der Waals surface area contributed by atoms with Crippen LogP contribution in [0.1, 0.15) is 31.1 Å². The summed E-state index contributed by atoms with van der Waals surface area (Å²) in [5.41, 5.74) is 1.03. The van der Waals surface area contributed by atoms with Gasteiger partial charge in [-0.25, -0.2) is 0 Å². The van der Waals surface area contributed by atoms with E-state index in [0.717, 1.165) is 0 Å². The summed E-state index contributed by atoms with van der Waals surface area (Å²) in [4.78, 5) is 33.5. The minimum Gasteiger partial charge on any atom is -0.507 e. The molecule has 0 unspecified atom stereocenters. The number of benzene rings is 1. The molecule has 2 heterocycles. The van der Waals surface area contributed by atoms with Crippen molar-refractivity contribution < 1.29 is 19.4 Å². The van der Waals surface area contributed by atoms with Crippen molar-refractivity contribution in [2.45, 2.75) is 26.0 Å². The van der Waals surface area contributed by atoms with Crippen LogP contribution < -0.4 is 4.74 Å². The van der Waals surface area contributed by atoms with Gasteiger partial charge in [-0.1, -0.05) is 6.07 Å². The third-order valence-electron chi connectivity index (χ3n) is 4.80. The topological polar surface area (TPSA) is 83.0 Å². The van der Waals surface area contributed by atoms with Crippen LogP contribution in [0.4, 0.5) is 0 Å². The summed E-state index contributed by atoms with van der Waals surface area (Å²) in [5, 5.41) is 11.0. The molecule has 1 aliphatic heterocycles. The Morgan fingerprint density at radius 2 is 1.87 bits per heavy atom. The highest BCUT2D eigenvalue weighted by atomic mass is 16.5. The lowest BCUT2D eigenvalue weighted by Crippen LogP contribution is -2.35. The van der Waals surface area contributed by atoms with Crippen LogP contribution in [0.15, 0.2) is 54.2 Å². The molecule has 1 fully saturated rings. The molecule has 0 radical (unpaired) electrons. The Morgan fingerprint density at radius 3 is 2.43 bits per heavy atom. The summed E-state index contributed by atoms with van der Waals surface area (Å²) in [7, 11) is 3.79. The molecular formula is C23H27N3O4. The van der Waals surface area contributed by atoms with Gasteiger partial charge in [-0.05, 0) is 64.3 Å². The number of hydrogen-bond acceptors (Lipinski definition) is 6. The van der Waals surface area contributed by atoms with Gasteiger partial charge in [0.25, 0.3) is 11.7 Å². The Hall–Kier alpha value is -3.19. The van der Waals surface area contributed by atoms with Crippen LogP contribution >= 0.6 is 0 Å². The number of pyridine rings is 1. The van der Waals surface area contributed by atoms with Crippen molar-refractivity contribution in [2.75, 3.05) is 27.2 Å². The van der Waals surface area contributed by atoms with Gasteiger partial charge in [0, 0.05) is 24.8 Å². The Morgan fingerprint density at radius 1 is 1.17 bits per heavy atom. The number of Topliss-reactive ketones (excluding diaryl/α,β-unsaturated/α-hetero) is 1. The summed E-state index contributed by atoms with van der Waals surface area (Å²) in [6.07, 6.45) is 1.63. The van der Waals surface area contributed by atoms with Gasteiger partial charge in [-0.2, -0.15) is 0 Å². The van der Waals surface area contributed by atoms with Gasteiger partial charge in [0.1, 0.15) is 17.6 Å². The van der Waals surface area contributed by atoms with Crippen LogP contribution in [-0.2, 0) is 9.59 Å². The van der Waals surface area contributed by atoms with Gasteiger partial charge in [0.05, 0.1) is 17.4 Å². The number of ether oxygens (including phenoxy) is 1. The molecule has 30 heavy (non-hydrogen) atoms. The van der Waals surface area contributed by atoms with Crippen LogP contribution in [0.3, 0.4) is 0 Å². The van der Waals surface area contributed by atoms with Gasteiger partial charge in [-0.3, -0.25) is 14.6 Å². The number of nitrogens with zero attached hydrogens (tertiary/aromatic N) is 3. The predicted octanol–water partition coefficient (Wildman–Crippen LogP) is 2.85. The van der Waals surface area contributed by atoms with Gasteiger partial charge < -0.3 is 19.6 Å². The average Bonchev–Trinajstić information content (AvgIpc) is 2.97.